The highest BCUT2D eigenvalue weighted by Gasteiger charge is 2.46. The van der Waals surface area contributed by atoms with Crippen LogP contribution in [-0.4, -0.2) is 43.7 Å². The van der Waals surface area contributed by atoms with Crippen molar-refractivity contribution in [3.05, 3.63) is 4.91 Å². The van der Waals surface area contributed by atoms with Crippen molar-refractivity contribution >= 4 is 5.91 Å². The van der Waals surface area contributed by atoms with Gasteiger partial charge in [-0.1, -0.05) is 0 Å². The zero-order valence-corrected chi connectivity index (χ0v) is 5.26. The van der Waals surface area contributed by atoms with Crippen LogP contribution >= 0.6 is 0 Å². The Morgan fingerprint density at radius 1 is 1.55 bits per heavy atom. The summed E-state index contributed by atoms with van der Waals surface area (Å²) in [5.74, 6) is -0.937. The normalized spacial score (nSPS) is 19.0. The van der Waals surface area contributed by atoms with Crippen molar-refractivity contribution in [3.8, 4) is 0 Å². The number of nitroso groups, excluding NO2 is 1. The van der Waals surface area contributed by atoms with Crippen molar-refractivity contribution in [3.63, 3.8) is 0 Å². The zero-order valence-electron chi connectivity index (χ0n) is 5.26. The SMILES string of the molecule is O=C1C[N+](=O)NN1C(O)(O)O. The van der Waals surface area contributed by atoms with Gasteiger partial charge in [0.1, 0.15) is 4.87 Å². The molecular weight excluding hydrogens is 158 g/mol. The van der Waals surface area contributed by atoms with Crippen molar-refractivity contribution < 1.29 is 25.0 Å². The number of amides is 1. The van der Waals surface area contributed by atoms with Gasteiger partial charge in [-0.15, -0.1) is 5.01 Å². The van der Waals surface area contributed by atoms with Gasteiger partial charge >= 0.3 is 18.5 Å². The fourth-order valence-electron chi connectivity index (χ4n) is 0.631. The Morgan fingerprint density at radius 2 is 2.09 bits per heavy atom. The number of hydrogen-bond donors (Lipinski definition) is 4. The molecule has 0 saturated carbocycles. The molecule has 1 rings (SSSR count). The molecule has 0 radical (unpaired) electrons. The molecule has 1 heterocycles. The number of carbonyl (C=O) groups excluding carboxylic acids is 1. The monoisotopic (exact) mass is 164 g/mol. The van der Waals surface area contributed by atoms with E-state index in [1.165, 1.54) is 0 Å². The second kappa shape index (κ2) is 2.12. The minimum Gasteiger partial charge on any atom is -0.324 e. The van der Waals surface area contributed by atoms with Gasteiger partial charge in [0.05, 0.1) is 4.91 Å². The Hall–Kier alpha value is -1.25. The van der Waals surface area contributed by atoms with E-state index in [-0.39, 0.29) is 9.88 Å². The van der Waals surface area contributed by atoms with Crippen molar-refractivity contribution in [2.45, 2.75) is 6.10 Å². The number of rotatable bonds is 1. The highest BCUT2D eigenvalue weighted by Crippen LogP contribution is 2.04. The first-order valence-electron chi connectivity index (χ1n) is 2.62. The molecule has 0 aromatic heterocycles. The van der Waals surface area contributed by atoms with Crippen LogP contribution in [0.5, 0.6) is 0 Å². The Kier molecular flexibility index (Phi) is 1.51. The summed E-state index contributed by atoms with van der Waals surface area (Å²) in [6.45, 7) is -0.580. The van der Waals surface area contributed by atoms with Gasteiger partial charge < -0.3 is 15.3 Å². The molecule has 0 bridgehead atoms. The van der Waals surface area contributed by atoms with E-state index >= 15 is 0 Å². The quantitative estimate of drug-likeness (QED) is 0.237. The van der Waals surface area contributed by atoms with Crippen LogP contribution < -0.4 is 5.53 Å². The van der Waals surface area contributed by atoms with E-state index in [1.807, 2.05) is 0 Å². The van der Waals surface area contributed by atoms with Gasteiger partial charge in [-0.25, -0.2) is 0 Å². The van der Waals surface area contributed by atoms with Crippen LogP contribution in [0.4, 0.5) is 0 Å². The van der Waals surface area contributed by atoms with Crippen LogP contribution in [0.15, 0.2) is 0 Å². The predicted molar refractivity (Wildman–Crippen MR) is 27.9 cm³/mol. The number of carbonyl (C=O) groups is 1. The topological polar surface area (TPSA) is 113 Å². The van der Waals surface area contributed by atoms with Crippen LogP contribution in [-0.2, 0) is 4.79 Å². The summed E-state index contributed by atoms with van der Waals surface area (Å²) in [5, 5.41) is 25.2. The molecule has 0 aromatic carbocycles. The number of hydrogen-bond acceptors (Lipinski definition) is 5. The number of hydrazine groups is 2. The van der Waals surface area contributed by atoms with Crippen molar-refractivity contribution in [1.29, 1.82) is 0 Å². The molecule has 1 fully saturated rings. The standard InChI is InChI=1S/C3H6N3O5/c7-2-1-5(11)4-6(2)3(8,9)10/h8-10H,1H2,(H,4,11)/q+1. The van der Waals surface area contributed by atoms with Crippen molar-refractivity contribution in [2.24, 2.45) is 0 Å². The van der Waals surface area contributed by atoms with E-state index in [0.29, 0.717) is 0 Å². The third kappa shape index (κ3) is 1.42. The highest BCUT2D eigenvalue weighted by atomic mass is 16.7. The summed E-state index contributed by atoms with van der Waals surface area (Å²) in [4.78, 5) is 20.9. The molecule has 8 heteroatoms. The van der Waals surface area contributed by atoms with Crippen LogP contribution in [0.1, 0.15) is 0 Å². The van der Waals surface area contributed by atoms with Gasteiger partial charge in [-0.3, -0.25) is 4.79 Å². The number of aliphatic hydroxyl groups is 3. The lowest BCUT2D eigenvalue weighted by atomic mass is 10.6. The molecular formula is C3H6N3O5+. The Labute approximate surface area is 60.2 Å². The largest absolute Gasteiger partial charge is 0.394 e. The van der Waals surface area contributed by atoms with E-state index in [1.54, 1.807) is 5.53 Å². The molecule has 11 heavy (non-hydrogen) atoms. The fraction of sp³-hybridized carbons (Fsp3) is 0.667. The maximum Gasteiger partial charge on any atom is 0.394 e. The van der Waals surface area contributed by atoms with E-state index in [9.17, 15) is 9.70 Å². The molecule has 1 saturated heterocycles. The Morgan fingerprint density at radius 3 is 2.27 bits per heavy atom. The van der Waals surface area contributed by atoms with Crippen LogP contribution in [0.3, 0.4) is 0 Å². The molecule has 0 aromatic rings. The van der Waals surface area contributed by atoms with E-state index in [2.05, 4.69) is 0 Å². The molecule has 1 amide bonds. The maximum atomic E-state index is 10.6. The predicted octanol–water partition coefficient (Wildman–Crippen LogP) is -3.38. The molecule has 0 spiro atoms. The van der Waals surface area contributed by atoms with Gasteiger partial charge in [0.2, 0.25) is 0 Å². The molecule has 0 atom stereocenters. The molecule has 0 aliphatic carbocycles. The minimum atomic E-state index is -3.34. The summed E-state index contributed by atoms with van der Waals surface area (Å²) in [7, 11) is 0. The number of nitrogens with one attached hydrogen (secondary N) is 1. The molecule has 62 valence electrons. The second-order valence-electron chi connectivity index (χ2n) is 1.97. The average molecular weight is 164 g/mol. The fourth-order valence-corrected chi connectivity index (χ4v) is 0.631. The first kappa shape index (κ1) is 7.85. The zero-order chi connectivity index (χ0) is 8.65. The minimum absolute atomic E-state index is 0. The third-order valence-corrected chi connectivity index (χ3v) is 1.04. The van der Waals surface area contributed by atoms with Gasteiger partial charge in [0, 0.05) is 0 Å². The average Bonchev–Trinajstić information content (AvgIpc) is 2.08. The summed E-state index contributed by atoms with van der Waals surface area (Å²) in [6.07, 6.45) is -3.34. The first-order valence-corrected chi connectivity index (χ1v) is 2.62. The smallest absolute Gasteiger partial charge is 0.324 e. The summed E-state index contributed by atoms with van der Waals surface area (Å²) >= 11 is 0. The van der Waals surface area contributed by atoms with Gasteiger partial charge in [0.25, 0.3) is 0 Å². The molecule has 4 N–H and O–H groups in total. The maximum absolute atomic E-state index is 10.6. The lowest BCUT2D eigenvalue weighted by molar-refractivity contribution is -0.617. The van der Waals surface area contributed by atoms with Gasteiger partial charge in [-0.05, 0) is 5.53 Å². The summed E-state index contributed by atoms with van der Waals surface area (Å²) < 4.78 is 0. The lowest BCUT2D eigenvalue weighted by Gasteiger charge is -2.19. The van der Waals surface area contributed by atoms with Gasteiger partial charge in [-0.2, -0.15) is 0 Å². The van der Waals surface area contributed by atoms with Gasteiger partial charge in [0.15, 0.2) is 0 Å². The molecule has 0 unspecified atom stereocenters. The van der Waals surface area contributed by atoms with E-state index in [0.717, 1.165) is 0 Å². The van der Waals surface area contributed by atoms with Crippen LogP contribution in [0, 0.1) is 4.91 Å². The van der Waals surface area contributed by atoms with E-state index < -0.39 is 18.5 Å². The third-order valence-electron chi connectivity index (χ3n) is 1.04. The highest BCUT2D eigenvalue weighted by molar-refractivity contribution is 5.77. The molecule has 8 nitrogen and oxygen atoms in total. The van der Waals surface area contributed by atoms with Crippen LogP contribution in [0.2, 0.25) is 0 Å². The Balaban J connectivity index is 2.76. The van der Waals surface area contributed by atoms with Crippen molar-refractivity contribution in [2.75, 3.05) is 6.54 Å². The second-order valence-corrected chi connectivity index (χ2v) is 1.97. The molecule has 1 aliphatic heterocycles. The number of nitrogens with zero attached hydrogens (tertiary/aromatic N) is 2. The Bertz CT molecular complexity index is 208. The summed E-state index contributed by atoms with van der Waals surface area (Å²) in [6, 6.07) is 0. The van der Waals surface area contributed by atoms with Crippen molar-refractivity contribution in [1.82, 2.24) is 10.5 Å². The summed E-state index contributed by atoms with van der Waals surface area (Å²) in [5.41, 5.74) is 1.66. The lowest BCUT2D eigenvalue weighted by Crippen LogP contribution is -2.55. The van der Waals surface area contributed by atoms with E-state index in [4.69, 9.17) is 15.3 Å². The molecule has 1 aliphatic rings. The van der Waals surface area contributed by atoms with Crippen LogP contribution in [0.25, 0.3) is 0 Å². The first-order chi connectivity index (χ1) is 4.91.